The number of nitrogens with zero attached hydrogens (tertiary/aromatic N) is 1. The molecular formula is C18H17ClN2OS. The topological polar surface area (TPSA) is 34.0 Å². The van der Waals surface area contributed by atoms with Crippen LogP contribution in [0.1, 0.15) is 16.1 Å². The van der Waals surface area contributed by atoms with Crippen molar-refractivity contribution in [3.8, 4) is 0 Å². The molecule has 0 unspecified atom stereocenters. The van der Waals surface area contributed by atoms with Gasteiger partial charge in [-0.2, -0.15) is 11.8 Å². The van der Waals surface area contributed by atoms with Gasteiger partial charge in [0.1, 0.15) is 5.69 Å². The highest BCUT2D eigenvalue weighted by molar-refractivity contribution is 7.97. The van der Waals surface area contributed by atoms with Gasteiger partial charge in [0.05, 0.1) is 0 Å². The van der Waals surface area contributed by atoms with Crippen LogP contribution in [0.15, 0.2) is 48.5 Å². The van der Waals surface area contributed by atoms with Gasteiger partial charge in [0.15, 0.2) is 0 Å². The highest BCUT2D eigenvalue weighted by Gasteiger charge is 2.15. The minimum atomic E-state index is -0.138. The Bertz CT molecular complexity index is 873. The molecule has 118 valence electrons. The zero-order valence-corrected chi connectivity index (χ0v) is 14.5. The number of fused-ring (bicyclic) bond motifs is 1. The Hall–Kier alpha value is -1.91. The van der Waals surface area contributed by atoms with Crippen molar-refractivity contribution in [3.05, 3.63) is 64.8 Å². The predicted octanol–water partition coefficient (Wildman–Crippen LogP) is 4.95. The van der Waals surface area contributed by atoms with Gasteiger partial charge < -0.3 is 9.88 Å². The molecule has 1 aromatic heterocycles. The third-order valence-electron chi connectivity index (χ3n) is 3.76. The van der Waals surface area contributed by atoms with E-state index in [1.165, 1.54) is 5.56 Å². The molecule has 0 aliphatic heterocycles. The Morgan fingerprint density at radius 1 is 1.22 bits per heavy atom. The molecule has 0 radical (unpaired) electrons. The van der Waals surface area contributed by atoms with Crippen LogP contribution in [0, 0.1) is 0 Å². The molecule has 3 aromatic rings. The number of hydrogen-bond donors (Lipinski definition) is 1. The lowest BCUT2D eigenvalue weighted by Crippen LogP contribution is -2.15. The molecule has 1 amide bonds. The first-order chi connectivity index (χ1) is 11.1. The van der Waals surface area contributed by atoms with Crippen LogP contribution in [0.5, 0.6) is 0 Å². The molecule has 3 rings (SSSR count). The number of rotatable bonds is 4. The summed E-state index contributed by atoms with van der Waals surface area (Å²) >= 11 is 7.97. The molecule has 0 atom stereocenters. The fourth-order valence-electron chi connectivity index (χ4n) is 2.64. The highest BCUT2D eigenvalue weighted by atomic mass is 35.5. The first-order valence-corrected chi connectivity index (χ1v) is 9.00. The molecule has 5 heteroatoms. The monoisotopic (exact) mass is 344 g/mol. The number of aryl methyl sites for hydroxylation is 1. The summed E-state index contributed by atoms with van der Waals surface area (Å²) in [4.78, 5) is 12.6. The second kappa shape index (κ2) is 6.69. The number of carbonyl (C=O) groups is 1. The first-order valence-electron chi connectivity index (χ1n) is 7.23. The van der Waals surface area contributed by atoms with Crippen molar-refractivity contribution in [1.29, 1.82) is 0 Å². The van der Waals surface area contributed by atoms with Gasteiger partial charge in [0, 0.05) is 34.4 Å². The van der Waals surface area contributed by atoms with Crippen molar-refractivity contribution in [3.63, 3.8) is 0 Å². The predicted molar refractivity (Wildman–Crippen MR) is 99.5 cm³/mol. The first kappa shape index (κ1) is 16.0. The minimum Gasteiger partial charge on any atom is -0.340 e. The maximum absolute atomic E-state index is 12.6. The lowest BCUT2D eigenvalue weighted by atomic mass is 10.2. The Morgan fingerprint density at radius 2 is 2.00 bits per heavy atom. The number of benzene rings is 2. The molecule has 23 heavy (non-hydrogen) atoms. The summed E-state index contributed by atoms with van der Waals surface area (Å²) in [5.74, 6) is 0.786. The van der Waals surface area contributed by atoms with Gasteiger partial charge in [-0.3, -0.25) is 4.79 Å². The van der Waals surface area contributed by atoms with Gasteiger partial charge in [0.2, 0.25) is 0 Å². The molecule has 1 heterocycles. The fourth-order valence-corrected chi connectivity index (χ4v) is 3.38. The van der Waals surface area contributed by atoms with Crippen molar-refractivity contribution in [2.45, 2.75) is 5.75 Å². The Kier molecular flexibility index (Phi) is 4.64. The molecule has 2 aromatic carbocycles. The Morgan fingerprint density at radius 3 is 2.74 bits per heavy atom. The summed E-state index contributed by atoms with van der Waals surface area (Å²) in [5.41, 5.74) is 3.52. The van der Waals surface area contributed by atoms with Gasteiger partial charge in [0.25, 0.3) is 5.91 Å². The molecule has 1 N–H and O–H groups in total. The number of anilines is 1. The van der Waals surface area contributed by atoms with Crippen LogP contribution in [0.4, 0.5) is 5.69 Å². The third kappa shape index (κ3) is 3.23. The summed E-state index contributed by atoms with van der Waals surface area (Å²) in [6.07, 6.45) is 2.06. The van der Waals surface area contributed by atoms with E-state index in [1.54, 1.807) is 11.8 Å². The molecule has 0 aliphatic carbocycles. The zero-order chi connectivity index (χ0) is 16.4. The van der Waals surface area contributed by atoms with Gasteiger partial charge in [-0.15, -0.1) is 0 Å². The summed E-state index contributed by atoms with van der Waals surface area (Å²) < 4.78 is 1.86. The van der Waals surface area contributed by atoms with Crippen LogP contribution in [-0.4, -0.2) is 16.7 Å². The van der Waals surface area contributed by atoms with Crippen LogP contribution in [0.3, 0.4) is 0 Å². The van der Waals surface area contributed by atoms with E-state index in [0.717, 1.165) is 22.3 Å². The lowest BCUT2D eigenvalue weighted by Gasteiger charge is -2.08. The zero-order valence-electron chi connectivity index (χ0n) is 13.0. The maximum Gasteiger partial charge on any atom is 0.272 e. The number of amides is 1. The van der Waals surface area contributed by atoms with Crippen LogP contribution >= 0.6 is 23.4 Å². The number of halogens is 1. The van der Waals surface area contributed by atoms with E-state index in [9.17, 15) is 4.79 Å². The average molecular weight is 345 g/mol. The van der Waals surface area contributed by atoms with Gasteiger partial charge >= 0.3 is 0 Å². The van der Waals surface area contributed by atoms with E-state index in [0.29, 0.717) is 10.7 Å². The smallest absolute Gasteiger partial charge is 0.272 e. The highest BCUT2D eigenvalue weighted by Crippen LogP contribution is 2.26. The summed E-state index contributed by atoms with van der Waals surface area (Å²) in [6.45, 7) is 0. The standard InChI is InChI=1S/C18H17ClN2OS/c1-21-16-8-4-7-15(19)14(16)10-17(21)18(22)20-13-6-3-5-12(9-13)11-23-2/h3-10H,11H2,1-2H3,(H,20,22). The SMILES string of the molecule is CSCc1cccc(NC(=O)c2cc3c(Cl)cccc3n2C)c1. The van der Waals surface area contributed by atoms with Gasteiger partial charge in [-0.1, -0.05) is 29.8 Å². The van der Waals surface area contributed by atoms with Crippen LogP contribution in [-0.2, 0) is 12.8 Å². The van der Waals surface area contributed by atoms with E-state index in [1.807, 2.05) is 54.1 Å². The van der Waals surface area contributed by atoms with E-state index in [-0.39, 0.29) is 5.91 Å². The Labute approximate surface area is 144 Å². The molecule has 0 saturated heterocycles. The van der Waals surface area contributed by atoms with Crippen molar-refractivity contribution in [2.75, 3.05) is 11.6 Å². The van der Waals surface area contributed by atoms with Crippen LogP contribution in [0.25, 0.3) is 10.9 Å². The molecule has 3 nitrogen and oxygen atoms in total. The normalized spacial score (nSPS) is 10.9. The number of aromatic nitrogens is 1. The number of nitrogens with one attached hydrogen (secondary N) is 1. The molecule has 0 aliphatic rings. The van der Waals surface area contributed by atoms with Crippen molar-refractivity contribution in [1.82, 2.24) is 4.57 Å². The lowest BCUT2D eigenvalue weighted by molar-refractivity contribution is 0.102. The van der Waals surface area contributed by atoms with Crippen molar-refractivity contribution >= 4 is 45.9 Å². The molecular weight excluding hydrogens is 328 g/mol. The third-order valence-corrected chi connectivity index (χ3v) is 4.71. The van der Waals surface area contributed by atoms with E-state index < -0.39 is 0 Å². The quantitative estimate of drug-likeness (QED) is 0.726. The summed E-state index contributed by atoms with van der Waals surface area (Å²) in [7, 11) is 1.87. The number of thioether (sulfide) groups is 1. The van der Waals surface area contributed by atoms with Crippen molar-refractivity contribution < 1.29 is 4.79 Å². The minimum absolute atomic E-state index is 0.138. The van der Waals surface area contributed by atoms with Gasteiger partial charge in [-0.25, -0.2) is 0 Å². The molecule has 0 fully saturated rings. The average Bonchev–Trinajstić information content (AvgIpc) is 2.87. The maximum atomic E-state index is 12.6. The van der Waals surface area contributed by atoms with Crippen LogP contribution in [0.2, 0.25) is 5.02 Å². The Balaban J connectivity index is 1.90. The van der Waals surface area contributed by atoms with E-state index >= 15 is 0 Å². The van der Waals surface area contributed by atoms with Crippen molar-refractivity contribution in [2.24, 2.45) is 7.05 Å². The molecule has 0 saturated carbocycles. The summed E-state index contributed by atoms with van der Waals surface area (Å²) in [6, 6.07) is 15.4. The van der Waals surface area contributed by atoms with Gasteiger partial charge in [-0.05, 0) is 42.2 Å². The second-order valence-electron chi connectivity index (χ2n) is 5.35. The summed E-state index contributed by atoms with van der Waals surface area (Å²) in [5, 5.41) is 4.51. The van der Waals surface area contributed by atoms with Crippen LogP contribution < -0.4 is 5.32 Å². The number of carbonyl (C=O) groups excluding carboxylic acids is 1. The van der Waals surface area contributed by atoms with E-state index in [4.69, 9.17) is 11.6 Å². The largest absolute Gasteiger partial charge is 0.340 e. The van der Waals surface area contributed by atoms with E-state index in [2.05, 4.69) is 17.6 Å². The molecule has 0 spiro atoms. The number of hydrogen-bond acceptors (Lipinski definition) is 2. The second-order valence-corrected chi connectivity index (χ2v) is 6.62. The molecule has 0 bridgehead atoms. The fraction of sp³-hybridized carbons (Fsp3) is 0.167.